The van der Waals surface area contributed by atoms with Crippen molar-refractivity contribution >= 4 is 35.1 Å². The molecule has 30 heavy (non-hydrogen) atoms. The highest BCUT2D eigenvalue weighted by Crippen LogP contribution is 2.61. The molecule has 0 saturated heterocycles. The van der Waals surface area contributed by atoms with E-state index in [9.17, 15) is 4.79 Å². The van der Waals surface area contributed by atoms with Crippen molar-refractivity contribution in [2.45, 2.75) is 30.3 Å². The standard InChI is InChI=1S/C21H18Cl2N4O3/c22-14-3-1-13(2-4-14)18-24-19(30-27-18)26-21-10-20(11-21,12-21)25-17(28)9-29-16-7-5-15(23)6-8-16/h1-8H,9-12H2,(H,25,28)(H,24,26,27). The number of hydrogen-bond donors (Lipinski definition) is 2. The van der Waals surface area contributed by atoms with Gasteiger partial charge < -0.3 is 19.9 Å². The molecular formula is C21H18Cl2N4O3. The smallest absolute Gasteiger partial charge is 0.322 e. The van der Waals surface area contributed by atoms with E-state index in [0.717, 1.165) is 24.8 Å². The zero-order valence-electron chi connectivity index (χ0n) is 15.8. The van der Waals surface area contributed by atoms with Crippen molar-refractivity contribution in [3.05, 3.63) is 58.6 Å². The van der Waals surface area contributed by atoms with Gasteiger partial charge in [0.15, 0.2) is 6.61 Å². The van der Waals surface area contributed by atoms with E-state index in [0.29, 0.717) is 27.6 Å². The molecule has 2 aromatic carbocycles. The molecule has 3 saturated carbocycles. The molecule has 3 aromatic rings. The zero-order chi connectivity index (χ0) is 20.8. The van der Waals surface area contributed by atoms with E-state index in [-0.39, 0.29) is 23.6 Å². The minimum Gasteiger partial charge on any atom is -0.484 e. The summed E-state index contributed by atoms with van der Waals surface area (Å²) in [7, 11) is 0. The number of nitrogens with zero attached hydrogens (tertiary/aromatic N) is 2. The fraction of sp³-hybridized carbons (Fsp3) is 0.286. The van der Waals surface area contributed by atoms with Crippen molar-refractivity contribution in [3.63, 3.8) is 0 Å². The Morgan fingerprint density at radius 1 is 1.00 bits per heavy atom. The molecule has 3 aliphatic carbocycles. The van der Waals surface area contributed by atoms with E-state index in [2.05, 4.69) is 20.8 Å². The summed E-state index contributed by atoms with van der Waals surface area (Å²) in [5.74, 6) is 0.974. The van der Waals surface area contributed by atoms with E-state index >= 15 is 0 Å². The number of aromatic nitrogens is 2. The van der Waals surface area contributed by atoms with E-state index in [1.807, 2.05) is 12.1 Å². The van der Waals surface area contributed by atoms with Crippen molar-refractivity contribution in [1.29, 1.82) is 0 Å². The monoisotopic (exact) mass is 444 g/mol. The van der Waals surface area contributed by atoms with E-state index in [1.165, 1.54) is 0 Å². The first-order valence-corrected chi connectivity index (χ1v) is 10.3. The maximum atomic E-state index is 12.2. The summed E-state index contributed by atoms with van der Waals surface area (Å²) < 4.78 is 10.8. The highest BCUT2D eigenvalue weighted by molar-refractivity contribution is 6.30. The van der Waals surface area contributed by atoms with Gasteiger partial charge in [0.1, 0.15) is 5.75 Å². The molecule has 0 radical (unpaired) electrons. The molecule has 2 bridgehead atoms. The van der Waals surface area contributed by atoms with Gasteiger partial charge in [-0.2, -0.15) is 4.98 Å². The molecule has 0 spiro atoms. The summed E-state index contributed by atoms with van der Waals surface area (Å²) in [5, 5.41) is 11.7. The van der Waals surface area contributed by atoms with Gasteiger partial charge in [-0.25, -0.2) is 0 Å². The minimum absolute atomic E-state index is 0.0298. The second kappa shape index (κ2) is 7.18. The van der Waals surface area contributed by atoms with Crippen LogP contribution in [0.15, 0.2) is 53.1 Å². The summed E-state index contributed by atoms with van der Waals surface area (Å²) >= 11 is 11.8. The van der Waals surface area contributed by atoms with Crippen molar-refractivity contribution < 1.29 is 14.1 Å². The Kier molecular flexibility index (Phi) is 4.60. The lowest BCUT2D eigenvalue weighted by Crippen LogP contribution is -2.81. The Morgan fingerprint density at radius 3 is 2.30 bits per heavy atom. The highest BCUT2D eigenvalue weighted by Gasteiger charge is 2.69. The molecular weight excluding hydrogens is 427 g/mol. The van der Waals surface area contributed by atoms with E-state index in [1.54, 1.807) is 36.4 Å². The van der Waals surface area contributed by atoms with Gasteiger partial charge in [0.25, 0.3) is 5.91 Å². The normalized spacial score (nSPS) is 23.8. The second-order valence-electron chi connectivity index (χ2n) is 7.94. The van der Waals surface area contributed by atoms with Crippen LogP contribution in [0.4, 0.5) is 6.01 Å². The molecule has 6 rings (SSSR count). The fourth-order valence-electron chi connectivity index (χ4n) is 4.28. The molecule has 3 fully saturated rings. The number of hydrogen-bond acceptors (Lipinski definition) is 6. The second-order valence-corrected chi connectivity index (χ2v) is 8.81. The summed E-state index contributed by atoms with van der Waals surface area (Å²) in [6, 6.07) is 14.5. The number of rotatable bonds is 7. The van der Waals surface area contributed by atoms with Crippen LogP contribution in [0, 0.1) is 0 Å². The average molecular weight is 445 g/mol. The zero-order valence-corrected chi connectivity index (χ0v) is 17.3. The van der Waals surface area contributed by atoms with Gasteiger partial charge in [0, 0.05) is 26.7 Å². The number of halogens is 2. The highest BCUT2D eigenvalue weighted by atomic mass is 35.5. The molecule has 7 nitrogen and oxygen atoms in total. The molecule has 154 valence electrons. The van der Waals surface area contributed by atoms with Crippen LogP contribution in [0.25, 0.3) is 11.4 Å². The molecule has 3 aliphatic rings. The third-order valence-corrected chi connectivity index (χ3v) is 6.02. The Morgan fingerprint density at radius 2 is 1.63 bits per heavy atom. The van der Waals surface area contributed by atoms with Gasteiger partial charge >= 0.3 is 6.01 Å². The number of carbonyl (C=O) groups excluding carboxylic acids is 1. The summed E-state index contributed by atoms with van der Waals surface area (Å²) in [4.78, 5) is 16.6. The lowest BCUT2D eigenvalue weighted by molar-refractivity contribution is -0.135. The van der Waals surface area contributed by atoms with Crippen molar-refractivity contribution in [2.75, 3.05) is 11.9 Å². The Balaban J connectivity index is 1.11. The maximum absolute atomic E-state index is 12.2. The predicted octanol–water partition coefficient (Wildman–Crippen LogP) is 4.33. The number of amides is 1. The summed E-state index contributed by atoms with van der Waals surface area (Å²) in [6.07, 6.45) is 2.43. The predicted molar refractivity (Wildman–Crippen MR) is 113 cm³/mol. The quantitative estimate of drug-likeness (QED) is 0.563. The van der Waals surface area contributed by atoms with Gasteiger partial charge in [-0.3, -0.25) is 4.79 Å². The molecule has 0 aliphatic heterocycles. The van der Waals surface area contributed by atoms with Crippen LogP contribution in [0.5, 0.6) is 5.75 Å². The molecule has 0 unspecified atom stereocenters. The lowest BCUT2D eigenvalue weighted by atomic mass is 9.44. The van der Waals surface area contributed by atoms with E-state index < -0.39 is 0 Å². The molecule has 1 heterocycles. The molecule has 0 atom stereocenters. The SMILES string of the molecule is O=C(COc1ccc(Cl)cc1)NC12CC(Nc3nc(-c4ccc(Cl)cc4)no3)(C1)C2. The number of benzene rings is 2. The largest absolute Gasteiger partial charge is 0.484 e. The van der Waals surface area contributed by atoms with Crippen LogP contribution >= 0.6 is 23.2 Å². The van der Waals surface area contributed by atoms with Gasteiger partial charge in [-0.15, -0.1) is 0 Å². The summed E-state index contributed by atoms with van der Waals surface area (Å²) in [5.41, 5.74) is 0.554. The van der Waals surface area contributed by atoms with E-state index in [4.69, 9.17) is 32.5 Å². The third-order valence-electron chi connectivity index (χ3n) is 5.52. The average Bonchev–Trinajstić information content (AvgIpc) is 3.14. The van der Waals surface area contributed by atoms with Crippen LogP contribution in [0.3, 0.4) is 0 Å². The molecule has 2 N–H and O–H groups in total. The van der Waals surface area contributed by atoms with Crippen LogP contribution in [0.1, 0.15) is 19.3 Å². The Labute approximate surface area is 182 Å². The van der Waals surface area contributed by atoms with Crippen LogP contribution < -0.4 is 15.4 Å². The lowest BCUT2D eigenvalue weighted by Gasteiger charge is -2.70. The van der Waals surface area contributed by atoms with Crippen molar-refractivity contribution in [3.8, 4) is 17.1 Å². The number of carbonyl (C=O) groups is 1. The molecule has 9 heteroatoms. The van der Waals surface area contributed by atoms with Gasteiger partial charge in [0.05, 0.1) is 0 Å². The van der Waals surface area contributed by atoms with Crippen LogP contribution in [-0.2, 0) is 4.79 Å². The summed E-state index contributed by atoms with van der Waals surface area (Å²) in [6.45, 7) is -0.0298. The fourth-order valence-corrected chi connectivity index (χ4v) is 4.53. The first-order valence-electron chi connectivity index (χ1n) is 9.50. The van der Waals surface area contributed by atoms with Gasteiger partial charge in [-0.1, -0.05) is 28.4 Å². The first kappa shape index (κ1) is 19.2. The Hall–Kier alpha value is -2.77. The number of nitrogens with one attached hydrogen (secondary N) is 2. The third kappa shape index (κ3) is 3.70. The van der Waals surface area contributed by atoms with Crippen molar-refractivity contribution in [1.82, 2.24) is 15.5 Å². The Bertz CT molecular complexity index is 1060. The van der Waals surface area contributed by atoms with Crippen molar-refractivity contribution in [2.24, 2.45) is 0 Å². The van der Waals surface area contributed by atoms with Crippen LogP contribution in [0.2, 0.25) is 10.0 Å². The van der Waals surface area contributed by atoms with Crippen LogP contribution in [-0.4, -0.2) is 33.7 Å². The number of anilines is 1. The number of ether oxygens (including phenoxy) is 1. The topological polar surface area (TPSA) is 89.3 Å². The molecule has 1 aromatic heterocycles. The molecule has 1 amide bonds. The first-order chi connectivity index (χ1) is 14.4. The van der Waals surface area contributed by atoms with Gasteiger partial charge in [0.2, 0.25) is 5.82 Å². The van der Waals surface area contributed by atoms with Gasteiger partial charge in [-0.05, 0) is 67.8 Å². The minimum atomic E-state index is -0.174. The maximum Gasteiger partial charge on any atom is 0.322 e.